The Morgan fingerprint density at radius 2 is 1.62 bits per heavy atom. The van der Waals surface area contributed by atoms with Crippen molar-refractivity contribution in [2.24, 2.45) is 11.8 Å². The van der Waals surface area contributed by atoms with Crippen LogP contribution in [0.2, 0.25) is 0 Å². The zero-order valence-corrected chi connectivity index (χ0v) is 10.2. The van der Waals surface area contributed by atoms with Crippen LogP contribution >= 0.6 is 11.8 Å². The average molecular weight is 204 g/mol. The van der Waals surface area contributed by atoms with Gasteiger partial charge in [-0.1, -0.05) is 40.5 Å². The van der Waals surface area contributed by atoms with Crippen LogP contribution in [0.4, 0.5) is 0 Å². The third kappa shape index (κ3) is 6.39. The molecule has 0 aliphatic heterocycles. The van der Waals surface area contributed by atoms with Gasteiger partial charge in [-0.15, -0.1) is 0 Å². The molecular weight excluding hydrogens is 180 g/mol. The number of aliphatic hydroxyl groups excluding tert-OH is 1. The Morgan fingerprint density at radius 3 is 2.00 bits per heavy atom. The Bertz CT molecular complexity index is 111. The summed E-state index contributed by atoms with van der Waals surface area (Å²) in [5.41, 5.74) is 0. The number of thioether (sulfide) groups is 1. The fraction of sp³-hybridized carbons (Fsp3) is 1.00. The van der Waals surface area contributed by atoms with E-state index in [1.807, 2.05) is 11.8 Å². The predicted octanol–water partition coefficient (Wildman–Crippen LogP) is 3.17. The molecule has 0 saturated heterocycles. The normalized spacial score (nSPS) is 14.1. The van der Waals surface area contributed by atoms with Crippen molar-refractivity contribution in [2.75, 3.05) is 11.5 Å². The third-order valence-corrected chi connectivity index (χ3v) is 3.81. The van der Waals surface area contributed by atoms with Gasteiger partial charge in [-0.3, -0.25) is 0 Å². The Balaban J connectivity index is 3.53. The zero-order valence-electron chi connectivity index (χ0n) is 9.42. The summed E-state index contributed by atoms with van der Waals surface area (Å²) >= 11 is 1.88. The van der Waals surface area contributed by atoms with Gasteiger partial charge < -0.3 is 5.11 Å². The van der Waals surface area contributed by atoms with E-state index in [2.05, 4.69) is 27.7 Å². The molecule has 13 heavy (non-hydrogen) atoms. The Hall–Kier alpha value is 0.310. The number of hydrogen-bond acceptors (Lipinski definition) is 2. The van der Waals surface area contributed by atoms with Crippen molar-refractivity contribution >= 4 is 11.8 Å². The molecule has 0 radical (unpaired) electrons. The monoisotopic (exact) mass is 204 g/mol. The summed E-state index contributed by atoms with van der Waals surface area (Å²) in [6, 6.07) is 0. The van der Waals surface area contributed by atoms with Gasteiger partial charge in [0.05, 0.1) is 6.10 Å². The van der Waals surface area contributed by atoms with Gasteiger partial charge in [0.1, 0.15) is 0 Å². The molecule has 1 N–H and O–H groups in total. The molecule has 1 atom stereocenters. The molecule has 0 aromatic heterocycles. The van der Waals surface area contributed by atoms with Crippen LogP contribution in [-0.4, -0.2) is 22.7 Å². The molecule has 0 rings (SSSR count). The van der Waals surface area contributed by atoms with Gasteiger partial charge in [-0.25, -0.2) is 0 Å². The summed E-state index contributed by atoms with van der Waals surface area (Å²) < 4.78 is 0. The van der Waals surface area contributed by atoms with E-state index in [1.165, 1.54) is 0 Å². The van der Waals surface area contributed by atoms with Crippen LogP contribution in [0, 0.1) is 11.8 Å². The highest BCUT2D eigenvalue weighted by Crippen LogP contribution is 2.18. The lowest BCUT2D eigenvalue weighted by Gasteiger charge is -2.19. The molecule has 0 aliphatic rings. The van der Waals surface area contributed by atoms with E-state index in [4.69, 9.17) is 0 Å². The highest BCUT2D eigenvalue weighted by molar-refractivity contribution is 7.99. The van der Waals surface area contributed by atoms with E-state index < -0.39 is 0 Å². The molecule has 0 amide bonds. The molecule has 0 bridgehead atoms. The third-order valence-electron chi connectivity index (χ3n) is 2.33. The second-order valence-corrected chi connectivity index (χ2v) is 5.15. The fourth-order valence-electron chi connectivity index (χ4n) is 1.39. The van der Waals surface area contributed by atoms with Gasteiger partial charge in [0.25, 0.3) is 0 Å². The number of aliphatic hydroxyl groups is 1. The van der Waals surface area contributed by atoms with Crippen LogP contribution in [0.5, 0.6) is 0 Å². The first-order valence-electron chi connectivity index (χ1n) is 5.37. The lowest BCUT2D eigenvalue weighted by molar-refractivity contribution is 0.125. The van der Waals surface area contributed by atoms with Crippen molar-refractivity contribution in [2.45, 2.75) is 46.6 Å². The maximum atomic E-state index is 9.80. The number of rotatable bonds is 7. The Labute approximate surface area is 87.3 Å². The molecule has 0 spiro atoms. The van der Waals surface area contributed by atoms with Gasteiger partial charge in [0, 0.05) is 5.75 Å². The van der Waals surface area contributed by atoms with Crippen molar-refractivity contribution in [3.63, 3.8) is 0 Å². The Kier molecular flexibility index (Phi) is 7.87. The van der Waals surface area contributed by atoms with E-state index in [-0.39, 0.29) is 6.10 Å². The van der Waals surface area contributed by atoms with Gasteiger partial charge in [0.2, 0.25) is 0 Å². The highest BCUT2D eigenvalue weighted by Gasteiger charge is 2.14. The van der Waals surface area contributed by atoms with Crippen LogP contribution < -0.4 is 0 Å². The minimum Gasteiger partial charge on any atom is -0.392 e. The summed E-state index contributed by atoms with van der Waals surface area (Å²) in [5.74, 6) is 3.31. The highest BCUT2D eigenvalue weighted by atomic mass is 32.2. The molecule has 1 unspecified atom stereocenters. The second kappa shape index (κ2) is 7.69. The molecule has 1 nitrogen and oxygen atoms in total. The maximum absolute atomic E-state index is 9.80. The molecule has 0 aromatic carbocycles. The summed E-state index contributed by atoms with van der Waals surface area (Å²) in [5, 5.41) is 9.80. The van der Waals surface area contributed by atoms with E-state index in [0.717, 1.165) is 30.3 Å². The van der Waals surface area contributed by atoms with E-state index >= 15 is 0 Å². The lowest BCUT2D eigenvalue weighted by Crippen LogP contribution is -2.22. The molecule has 0 saturated carbocycles. The minimum atomic E-state index is -0.0984. The SMILES string of the molecule is CCC(CC)C(O)CSCC(C)C. The Morgan fingerprint density at radius 1 is 1.08 bits per heavy atom. The largest absolute Gasteiger partial charge is 0.392 e. The first-order valence-corrected chi connectivity index (χ1v) is 6.53. The summed E-state index contributed by atoms with van der Waals surface area (Å²) in [7, 11) is 0. The van der Waals surface area contributed by atoms with Crippen molar-refractivity contribution in [1.29, 1.82) is 0 Å². The number of hydrogen-bond donors (Lipinski definition) is 1. The molecule has 0 fully saturated rings. The van der Waals surface area contributed by atoms with Crippen molar-refractivity contribution < 1.29 is 5.11 Å². The van der Waals surface area contributed by atoms with E-state index in [9.17, 15) is 5.11 Å². The van der Waals surface area contributed by atoms with Crippen molar-refractivity contribution in [3.8, 4) is 0 Å². The second-order valence-electron chi connectivity index (χ2n) is 4.08. The minimum absolute atomic E-state index is 0.0984. The van der Waals surface area contributed by atoms with Crippen LogP contribution in [0.15, 0.2) is 0 Å². The van der Waals surface area contributed by atoms with Crippen LogP contribution in [0.25, 0.3) is 0 Å². The predicted molar refractivity (Wildman–Crippen MR) is 62.2 cm³/mol. The topological polar surface area (TPSA) is 20.2 Å². The molecule has 2 heteroatoms. The lowest BCUT2D eigenvalue weighted by atomic mass is 9.98. The molecule has 0 heterocycles. The van der Waals surface area contributed by atoms with Crippen LogP contribution in [0.3, 0.4) is 0 Å². The smallest absolute Gasteiger partial charge is 0.0658 e. The van der Waals surface area contributed by atoms with Crippen molar-refractivity contribution in [1.82, 2.24) is 0 Å². The molecule has 80 valence electrons. The van der Waals surface area contributed by atoms with Gasteiger partial charge in [-0.2, -0.15) is 11.8 Å². The quantitative estimate of drug-likeness (QED) is 0.687. The molecule has 0 aromatic rings. The van der Waals surface area contributed by atoms with E-state index in [0.29, 0.717) is 5.92 Å². The maximum Gasteiger partial charge on any atom is 0.0658 e. The average Bonchev–Trinajstić information content (AvgIpc) is 2.05. The first-order chi connectivity index (χ1) is 6.11. The summed E-state index contributed by atoms with van der Waals surface area (Å²) in [6.45, 7) is 8.75. The molecular formula is C11H24OS. The van der Waals surface area contributed by atoms with Gasteiger partial charge >= 0.3 is 0 Å². The van der Waals surface area contributed by atoms with Crippen LogP contribution in [-0.2, 0) is 0 Å². The fourth-order valence-corrected chi connectivity index (χ4v) is 2.51. The first kappa shape index (κ1) is 13.3. The van der Waals surface area contributed by atoms with E-state index in [1.54, 1.807) is 0 Å². The van der Waals surface area contributed by atoms with Crippen LogP contribution in [0.1, 0.15) is 40.5 Å². The zero-order chi connectivity index (χ0) is 10.3. The summed E-state index contributed by atoms with van der Waals surface area (Å²) in [4.78, 5) is 0. The van der Waals surface area contributed by atoms with Gasteiger partial charge in [-0.05, 0) is 17.6 Å². The van der Waals surface area contributed by atoms with Crippen molar-refractivity contribution in [3.05, 3.63) is 0 Å². The molecule has 0 aliphatic carbocycles. The van der Waals surface area contributed by atoms with Gasteiger partial charge in [0.15, 0.2) is 0 Å². The summed E-state index contributed by atoms with van der Waals surface area (Å²) in [6.07, 6.45) is 2.10. The standard InChI is InChI=1S/C11H24OS/c1-5-10(6-2)11(12)8-13-7-9(3)4/h9-12H,5-8H2,1-4H3.